The number of methoxy groups -OCH3 is 1. The molecule has 0 aliphatic rings. The lowest BCUT2D eigenvalue weighted by molar-refractivity contribution is 0.102. The average Bonchev–Trinajstić information content (AvgIpc) is 3.07. The molecule has 31 heavy (non-hydrogen) atoms. The van der Waals surface area contributed by atoms with Crippen LogP contribution in [0.15, 0.2) is 66.9 Å². The number of nitrogens with zero attached hydrogens (tertiary/aromatic N) is 1. The molecular formula is C25H23N3O3. The molecule has 2 aromatic heterocycles. The Labute approximate surface area is 180 Å². The second-order valence-corrected chi connectivity index (χ2v) is 7.42. The molecule has 0 spiro atoms. The Bertz CT molecular complexity index is 1300. The topological polar surface area (TPSA) is 85.8 Å². The Kier molecular flexibility index (Phi) is 5.21. The van der Waals surface area contributed by atoms with Gasteiger partial charge in [-0.3, -0.25) is 9.59 Å². The van der Waals surface area contributed by atoms with Crippen molar-refractivity contribution in [2.75, 3.05) is 18.2 Å². The number of pyridine rings is 1. The minimum Gasteiger partial charge on any atom is -0.497 e. The summed E-state index contributed by atoms with van der Waals surface area (Å²) in [6.45, 7) is 3.93. The standard InChI is InChI=1S/C25H23N3O3/c1-15-7-12-19(16(2)14-15)27-25(30)21-20-6-4-5-13-28(20)23(22(21)26)24(29)17-8-10-18(31-3)11-9-17/h4-14H,26H2,1-3H3,(H,27,30). The zero-order chi connectivity index (χ0) is 22.1. The maximum atomic E-state index is 13.3. The van der Waals surface area contributed by atoms with Crippen molar-refractivity contribution in [3.63, 3.8) is 0 Å². The third-order valence-electron chi connectivity index (χ3n) is 5.31. The number of anilines is 2. The molecule has 6 heteroatoms. The first-order valence-electron chi connectivity index (χ1n) is 9.86. The van der Waals surface area contributed by atoms with Crippen molar-refractivity contribution in [1.29, 1.82) is 0 Å². The number of aromatic nitrogens is 1. The Morgan fingerprint density at radius 2 is 1.74 bits per heavy atom. The predicted octanol–water partition coefficient (Wildman–Crippen LogP) is 4.63. The van der Waals surface area contributed by atoms with Gasteiger partial charge in [-0.15, -0.1) is 0 Å². The van der Waals surface area contributed by atoms with Crippen LogP contribution in [0.1, 0.15) is 37.5 Å². The first kappa shape index (κ1) is 20.2. The van der Waals surface area contributed by atoms with Crippen molar-refractivity contribution in [2.24, 2.45) is 0 Å². The molecular weight excluding hydrogens is 390 g/mol. The van der Waals surface area contributed by atoms with Crippen LogP contribution >= 0.6 is 0 Å². The fourth-order valence-corrected chi connectivity index (χ4v) is 3.72. The Morgan fingerprint density at radius 3 is 2.42 bits per heavy atom. The van der Waals surface area contributed by atoms with E-state index in [9.17, 15) is 9.59 Å². The number of amides is 1. The molecule has 0 unspecified atom stereocenters. The lowest BCUT2D eigenvalue weighted by atomic mass is 10.1. The maximum Gasteiger partial charge on any atom is 0.259 e. The quantitative estimate of drug-likeness (QED) is 0.467. The molecule has 6 nitrogen and oxygen atoms in total. The van der Waals surface area contributed by atoms with E-state index in [1.807, 2.05) is 38.1 Å². The van der Waals surface area contributed by atoms with Crippen LogP contribution in [-0.4, -0.2) is 23.2 Å². The molecule has 0 bridgehead atoms. The number of carbonyl (C=O) groups is 2. The van der Waals surface area contributed by atoms with E-state index in [1.54, 1.807) is 54.1 Å². The molecule has 0 aliphatic carbocycles. The predicted molar refractivity (Wildman–Crippen MR) is 122 cm³/mol. The highest BCUT2D eigenvalue weighted by Gasteiger charge is 2.26. The van der Waals surface area contributed by atoms with E-state index in [2.05, 4.69) is 5.32 Å². The van der Waals surface area contributed by atoms with Gasteiger partial charge in [0.25, 0.3) is 5.91 Å². The molecule has 3 N–H and O–H groups in total. The largest absolute Gasteiger partial charge is 0.497 e. The monoisotopic (exact) mass is 413 g/mol. The first-order valence-corrected chi connectivity index (χ1v) is 9.86. The van der Waals surface area contributed by atoms with Gasteiger partial charge in [-0.1, -0.05) is 23.8 Å². The van der Waals surface area contributed by atoms with Crippen molar-refractivity contribution in [3.05, 3.63) is 94.8 Å². The van der Waals surface area contributed by atoms with Gasteiger partial charge in [0.15, 0.2) is 0 Å². The summed E-state index contributed by atoms with van der Waals surface area (Å²) in [7, 11) is 1.57. The highest BCUT2D eigenvalue weighted by Crippen LogP contribution is 2.30. The molecule has 4 rings (SSSR count). The summed E-state index contributed by atoms with van der Waals surface area (Å²) < 4.78 is 6.83. The van der Waals surface area contributed by atoms with Gasteiger partial charge in [-0.05, 0) is 61.9 Å². The second kappa shape index (κ2) is 7.99. The number of nitrogens with one attached hydrogen (secondary N) is 1. The number of benzene rings is 2. The molecule has 2 aromatic carbocycles. The van der Waals surface area contributed by atoms with E-state index in [0.717, 1.165) is 11.1 Å². The van der Waals surface area contributed by atoms with Crippen molar-refractivity contribution < 1.29 is 14.3 Å². The zero-order valence-electron chi connectivity index (χ0n) is 17.6. The maximum absolute atomic E-state index is 13.3. The number of ether oxygens (including phenoxy) is 1. The lowest BCUT2D eigenvalue weighted by Gasteiger charge is -2.09. The molecule has 2 heterocycles. The van der Waals surface area contributed by atoms with E-state index >= 15 is 0 Å². The molecule has 0 atom stereocenters. The van der Waals surface area contributed by atoms with E-state index in [-0.39, 0.29) is 28.6 Å². The molecule has 0 saturated heterocycles. The van der Waals surface area contributed by atoms with Crippen molar-refractivity contribution in [2.45, 2.75) is 13.8 Å². The Balaban J connectivity index is 1.79. The van der Waals surface area contributed by atoms with Crippen molar-refractivity contribution in [3.8, 4) is 5.75 Å². The van der Waals surface area contributed by atoms with Gasteiger partial charge < -0.3 is 20.2 Å². The highest BCUT2D eigenvalue weighted by atomic mass is 16.5. The van der Waals surface area contributed by atoms with E-state index in [0.29, 0.717) is 22.5 Å². The van der Waals surface area contributed by atoms with Crippen LogP contribution in [0.25, 0.3) is 5.52 Å². The SMILES string of the molecule is COc1ccc(C(=O)c2c(N)c(C(=O)Nc3ccc(C)cc3C)c3ccccn23)cc1. The van der Waals surface area contributed by atoms with E-state index in [1.165, 1.54) is 0 Å². The minimum atomic E-state index is -0.359. The number of hydrogen-bond acceptors (Lipinski definition) is 4. The van der Waals surface area contributed by atoms with Crippen molar-refractivity contribution in [1.82, 2.24) is 4.40 Å². The Morgan fingerprint density at radius 1 is 1.00 bits per heavy atom. The van der Waals surface area contributed by atoms with Gasteiger partial charge in [0.05, 0.1) is 23.9 Å². The summed E-state index contributed by atoms with van der Waals surface area (Å²) >= 11 is 0. The highest BCUT2D eigenvalue weighted by molar-refractivity contribution is 6.20. The average molecular weight is 413 g/mol. The number of nitrogens with two attached hydrogens (primary N) is 1. The van der Waals surface area contributed by atoms with Crippen molar-refractivity contribution >= 4 is 28.6 Å². The van der Waals surface area contributed by atoms with Crippen LogP contribution < -0.4 is 15.8 Å². The summed E-state index contributed by atoms with van der Waals surface area (Å²) in [6, 6.07) is 18.0. The van der Waals surface area contributed by atoms with E-state index in [4.69, 9.17) is 10.5 Å². The normalized spacial score (nSPS) is 10.8. The second-order valence-electron chi connectivity index (χ2n) is 7.42. The number of hydrogen-bond donors (Lipinski definition) is 2. The first-order chi connectivity index (χ1) is 14.9. The summed E-state index contributed by atoms with van der Waals surface area (Å²) in [5.41, 5.74) is 10.9. The van der Waals surface area contributed by atoms with Gasteiger partial charge in [0, 0.05) is 17.4 Å². The van der Waals surface area contributed by atoms with E-state index < -0.39 is 0 Å². The Hall–Kier alpha value is -4.06. The molecule has 0 saturated carbocycles. The van der Waals surface area contributed by atoms with Gasteiger partial charge >= 0.3 is 0 Å². The lowest BCUT2D eigenvalue weighted by Crippen LogP contribution is -2.15. The van der Waals surface area contributed by atoms with Crippen LogP contribution in [0.5, 0.6) is 5.75 Å². The van der Waals surface area contributed by atoms with Gasteiger partial charge in [-0.2, -0.15) is 0 Å². The number of nitrogen functional groups attached to an aromatic ring is 1. The van der Waals surface area contributed by atoms with Crippen LogP contribution in [0.2, 0.25) is 0 Å². The molecule has 0 radical (unpaired) electrons. The summed E-state index contributed by atoms with van der Waals surface area (Å²) in [4.78, 5) is 26.5. The fourth-order valence-electron chi connectivity index (χ4n) is 3.72. The molecule has 1 amide bonds. The number of aryl methyl sites for hydroxylation is 2. The minimum absolute atomic E-state index is 0.147. The number of carbonyl (C=O) groups excluding carboxylic acids is 2. The van der Waals surface area contributed by atoms with Gasteiger partial charge in [-0.25, -0.2) is 0 Å². The molecule has 0 fully saturated rings. The molecule has 156 valence electrons. The fraction of sp³-hybridized carbons (Fsp3) is 0.120. The smallest absolute Gasteiger partial charge is 0.259 e. The van der Waals surface area contributed by atoms with Crippen LogP contribution in [0.3, 0.4) is 0 Å². The van der Waals surface area contributed by atoms with Crippen LogP contribution in [0.4, 0.5) is 11.4 Å². The van der Waals surface area contributed by atoms with Gasteiger partial charge in [0.2, 0.25) is 5.78 Å². The summed E-state index contributed by atoms with van der Waals surface area (Å²) in [5.74, 6) is 0.0203. The zero-order valence-corrected chi connectivity index (χ0v) is 17.6. The molecule has 0 aliphatic heterocycles. The summed E-state index contributed by atoms with van der Waals surface area (Å²) in [6.07, 6.45) is 1.73. The molecule has 4 aromatic rings. The number of fused-ring (bicyclic) bond motifs is 1. The number of rotatable bonds is 5. The van der Waals surface area contributed by atoms with Gasteiger partial charge in [0.1, 0.15) is 11.4 Å². The third kappa shape index (κ3) is 3.64. The number of ketones is 1. The third-order valence-corrected chi connectivity index (χ3v) is 5.31. The summed E-state index contributed by atoms with van der Waals surface area (Å²) in [5, 5.41) is 2.93. The van der Waals surface area contributed by atoms with Crippen LogP contribution in [-0.2, 0) is 0 Å². The van der Waals surface area contributed by atoms with Crippen LogP contribution in [0, 0.1) is 13.8 Å².